The van der Waals surface area contributed by atoms with Crippen molar-refractivity contribution in [3.05, 3.63) is 36.9 Å². The van der Waals surface area contributed by atoms with Gasteiger partial charge in [-0.2, -0.15) is 5.10 Å². The van der Waals surface area contributed by atoms with E-state index < -0.39 is 0 Å². The fourth-order valence-electron chi connectivity index (χ4n) is 1.59. The highest BCUT2D eigenvalue weighted by atomic mass is 16.3. The van der Waals surface area contributed by atoms with Crippen molar-refractivity contribution in [2.75, 3.05) is 0 Å². The lowest BCUT2D eigenvalue weighted by Gasteiger charge is -1.95. The third kappa shape index (κ3) is 5.06. The predicted octanol–water partition coefficient (Wildman–Crippen LogP) is 5.31. The molecule has 0 spiro atoms. The van der Waals surface area contributed by atoms with Gasteiger partial charge in [0.1, 0.15) is 5.52 Å². The molecule has 0 aliphatic rings. The largest absolute Gasteiger partial charge is 0.443 e. The first kappa shape index (κ1) is 18.9. The SMILES string of the molecule is CC.CC.CC.Cn1ccc(-c2ccc3ocnc3c2)n1. The zero-order chi connectivity index (χ0) is 16.3. The van der Waals surface area contributed by atoms with Gasteiger partial charge in [0.2, 0.25) is 0 Å². The number of fused-ring (bicyclic) bond motifs is 1. The topological polar surface area (TPSA) is 43.9 Å². The maximum atomic E-state index is 5.18. The van der Waals surface area contributed by atoms with Crippen LogP contribution in [0.2, 0.25) is 0 Å². The molecule has 1 aromatic carbocycles. The summed E-state index contributed by atoms with van der Waals surface area (Å²) in [6, 6.07) is 7.84. The summed E-state index contributed by atoms with van der Waals surface area (Å²) < 4.78 is 6.96. The van der Waals surface area contributed by atoms with E-state index in [-0.39, 0.29) is 0 Å². The second-order valence-corrected chi connectivity index (χ2v) is 3.41. The van der Waals surface area contributed by atoms with E-state index in [9.17, 15) is 0 Å². The molecule has 4 heteroatoms. The van der Waals surface area contributed by atoms with Gasteiger partial charge in [-0.15, -0.1) is 0 Å². The van der Waals surface area contributed by atoms with Crippen LogP contribution in [0.25, 0.3) is 22.4 Å². The minimum Gasteiger partial charge on any atom is -0.443 e. The van der Waals surface area contributed by atoms with E-state index in [0.29, 0.717) is 0 Å². The second-order valence-electron chi connectivity index (χ2n) is 3.41. The monoisotopic (exact) mass is 289 g/mol. The Kier molecular flexibility index (Phi) is 9.59. The van der Waals surface area contributed by atoms with Gasteiger partial charge in [0, 0.05) is 18.8 Å². The molecule has 0 amide bonds. The third-order valence-electron chi connectivity index (χ3n) is 2.34. The molecular weight excluding hydrogens is 262 g/mol. The third-order valence-corrected chi connectivity index (χ3v) is 2.34. The van der Waals surface area contributed by atoms with Crippen LogP contribution in [-0.2, 0) is 7.05 Å². The van der Waals surface area contributed by atoms with Crippen LogP contribution in [-0.4, -0.2) is 14.8 Å². The summed E-state index contributed by atoms with van der Waals surface area (Å²) in [4.78, 5) is 4.11. The minimum atomic E-state index is 0.801. The maximum Gasteiger partial charge on any atom is 0.181 e. The van der Waals surface area contributed by atoms with Crippen molar-refractivity contribution in [1.29, 1.82) is 0 Å². The van der Waals surface area contributed by atoms with Crippen LogP contribution in [0.3, 0.4) is 0 Å². The number of aromatic nitrogens is 3. The van der Waals surface area contributed by atoms with Gasteiger partial charge in [0.25, 0.3) is 0 Å². The van der Waals surface area contributed by atoms with E-state index in [1.165, 1.54) is 6.39 Å². The molecule has 0 unspecified atom stereocenters. The Morgan fingerprint density at radius 3 is 2.19 bits per heavy atom. The lowest BCUT2D eigenvalue weighted by molar-refractivity contribution is 0.602. The Morgan fingerprint density at radius 1 is 0.952 bits per heavy atom. The normalized spacial score (nSPS) is 8.71. The van der Waals surface area contributed by atoms with Gasteiger partial charge in [-0.1, -0.05) is 41.5 Å². The van der Waals surface area contributed by atoms with Crippen molar-refractivity contribution < 1.29 is 4.42 Å². The zero-order valence-corrected chi connectivity index (χ0v) is 14.2. The number of oxazole rings is 1. The molecule has 2 aromatic heterocycles. The number of rotatable bonds is 1. The molecule has 3 aromatic rings. The first-order valence-corrected chi connectivity index (χ1v) is 7.66. The van der Waals surface area contributed by atoms with Gasteiger partial charge in [0.15, 0.2) is 12.0 Å². The molecule has 0 radical (unpaired) electrons. The first-order chi connectivity index (χ1) is 10.3. The van der Waals surface area contributed by atoms with Gasteiger partial charge in [0.05, 0.1) is 5.69 Å². The van der Waals surface area contributed by atoms with Crippen LogP contribution in [0.1, 0.15) is 41.5 Å². The highest BCUT2D eigenvalue weighted by molar-refractivity contribution is 5.78. The van der Waals surface area contributed by atoms with Crippen molar-refractivity contribution in [2.24, 2.45) is 7.05 Å². The highest BCUT2D eigenvalue weighted by Gasteiger charge is 2.04. The predicted molar refractivity (Wildman–Crippen MR) is 90.3 cm³/mol. The van der Waals surface area contributed by atoms with Gasteiger partial charge in [-0.05, 0) is 24.3 Å². The van der Waals surface area contributed by atoms with E-state index >= 15 is 0 Å². The minimum absolute atomic E-state index is 0.801. The highest BCUT2D eigenvalue weighted by Crippen LogP contribution is 2.21. The fourth-order valence-corrected chi connectivity index (χ4v) is 1.59. The Morgan fingerprint density at radius 2 is 1.62 bits per heavy atom. The van der Waals surface area contributed by atoms with Gasteiger partial charge in [-0.3, -0.25) is 4.68 Å². The summed E-state index contributed by atoms with van der Waals surface area (Å²) in [7, 11) is 1.90. The van der Waals surface area contributed by atoms with Gasteiger partial charge in [-0.25, -0.2) is 4.98 Å². The van der Waals surface area contributed by atoms with Crippen molar-refractivity contribution in [2.45, 2.75) is 41.5 Å². The second kappa shape index (κ2) is 10.7. The summed E-state index contributed by atoms with van der Waals surface area (Å²) in [5.74, 6) is 0. The zero-order valence-electron chi connectivity index (χ0n) is 14.2. The van der Waals surface area contributed by atoms with Crippen LogP contribution in [0.5, 0.6) is 0 Å². The molecule has 0 fully saturated rings. The molecule has 4 nitrogen and oxygen atoms in total. The molecule has 21 heavy (non-hydrogen) atoms. The Bertz CT molecular complexity index is 611. The lowest BCUT2D eigenvalue weighted by Crippen LogP contribution is -1.87. The average molecular weight is 289 g/mol. The van der Waals surface area contributed by atoms with Crippen LogP contribution in [0.15, 0.2) is 41.3 Å². The van der Waals surface area contributed by atoms with E-state index in [1.54, 1.807) is 4.68 Å². The number of benzene rings is 1. The molecule has 116 valence electrons. The van der Waals surface area contributed by atoms with Gasteiger partial charge < -0.3 is 4.42 Å². The van der Waals surface area contributed by atoms with E-state index in [1.807, 2.05) is 79.1 Å². The molecule has 2 heterocycles. The summed E-state index contributed by atoms with van der Waals surface area (Å²) >= 11 is 0. The molecule has 0 atom stereocenters. The summed E-state index contributed by atoms with van der Waals surface area (Å²) in [6.45, 7) is 12.0. The quantitative estimate of drug-likeness (QED) is 0.610. The van der Waals surface area contributed by atoms with Crippen molar-refractivity contribution >= 4 is 11.1 Å². The number of nitrogens with zero attached hydrogens (tertiary/aromatic N) is 3. The number of hydrogen-bond donors (Lipinski definition) is 0. The smallest absolute Gasteiger partial charge is 0.181 e. The lowest BCUT2D eigenvalue weighted by atomic mass is 10.1. The van der Waals surface area contributed by atoms with Crippen molar-refractivity contribution in [3.8, 4) is 11.3 Å². The maximum absolute atomic E-state index is 5.18. The molecule has 0 saturated heterocycles. The molecule has 0 aliphatic heterocycles. The van der Waals surface area contributed by atoms with Crippen LogP contribution in [0, 0.1) is 0 Å². The summed E-state index contributed by atoms with van der Waals surface area (Å²) in [5, 5.41) is 4.33. The Balaban J connectivity index is 0.000000598. The van der Waals surface area contributed by atoms with Crippen LogP contribution in [0.4, 0.5) is 0 Å². The van der Waals surface area contributed by atoms with Crippen LogP contribution >= 0.6 is 0 Å². The van der Waals surface area contributed by atoms with E-state index in [4.69, 9.17) is 4.42 Å². The Hall–Kier alpha value is -2.10. The molecule has 0 saturated carbocycles. The van der Waals surface area contributed by atoms with Gasteiger partial charge >= 0.3 is 0 Å². The van der Waals surface area contributed by atoms with E-state index in [2.05, 4.69) is 10.1 Å². The summed E-state index contributed by atoms with van der Waals surface area (Å²) in [6.07, 6.45) is 3.37. The van der Waals surface area contributed by atoms with Crippen molar-refractivity contribution in [1.82, 2.24) is 14.8 Å². The number of hydrogen-bond acceptors (Lipinski definition) is 3. The molecule has 3 rings (SSSR count). The Labute approximate surface area is 127 Å². The van der Waals surface area contributed by atoms with E-state index in [0.717, 1.165) is 22.4 Å². The molecule has 0 aliphatic carbocycles. The van der Waals surface area contributed by atoms with Crippen LogP contribution < -0.4 is 0 Å². The fraction of sp³-hybridized carbons (Fsp3) is 0.412. The first-order valence-electron chi connectivity index (χ1n) is 7.66. The average Bonchev–Trinajstić information content (AvgIpc) is 3.21. The molecule has 0 bridgehead atoms. The standard InChI is InChI=1S/C11H9N3O.3C2H6/c1-14-5-4-9(13-14)8-2-3-11-10(6-8)12-7-15-11;3*1-2/h2-7H,1H3;3*1-2H3. The summed E-state index contributed by atoms with van der Waals surface area (Å²) in [5.41, 5.74) is 3.66. The molecular formula is C17H27N3O. The molecule has 0 N–H and O–H groups in total. The number of aryl methyl sites for hydroxylation is 1. The van der Waals surface area contributed by atoms with Crippen molar-refractivity contribution in [3.63, 3.8) is 0 Å².